The summed E-state index contributed by atoms with van der Waals surface area (Å²) in [7, 11) is 0. The lowest BCUT2D eigenvalue weighted by atomic mass is 10.0. The van der Waals surface area contributed by atoms with Gasteiger partial charge in [-0.25, -0.2) is 4.99 Å². The number of allylic oxidation sites excluding steroid dienone is 1. The van der Waals surface area contributed by atoms with E-state index >= 15 is 0 Å². The molecule has 6 heteroatoms. The van der Waals surface area contributed by atoms with Gasteiger partial charge in [0.1, 0.15) is 11.4 Å². The Morgan fingerprint density at radius 3 is 2.55 bits per heavy atom. The van der Waals surface area contributed by atoms with Crippen LogP contribution in [0.25, 0.3) is 10.8 Å². The average Bonchev–Trinajstić information content (AvgIpc) is 2.81. The molecule has 2 aromatic carbocycles. The maximum Gasteiger partial charge on any atom is 0.155 e. The molecule has 0 bridgehead atoms. The van der Waals surface area contributed by atoms with Crippen molar-refractivity contribution in [3.05, 3.63) is 54.3 Å². The molecule has 4 rings (SSSR count). The fourth-order valence-corrected chi connectivity index (χ4v) is 4.32. The first kappa shape index (κ1) is 22.2. The van der Waals surface area contributed by atoms with E-state index in [1.807, 2.05) is 0 Å². The summed E-state index contributed by atoms with van der Waals surface area (Å²) in [6.07, 6.45) is 9.39. The number of halogens is 2. The minimum atomic E-state index is 0.153. The number of nitrogens with one attached hydrogen (secondary N) is 1. The molecule has 1 aliphatic carbocycles. The smallest absolute Gasteiger partial charge is 0.155 e. The largest absolute Gasteiger partial charge is 0.453 e. The fraction of sp³-hybridized carbons (Fsp3) is 0.400. The molecule has 2 aliphatic rings. The second kappa shape index (κ2) is 10.5. The van der Waals surface area contributed by atoms with Gasteiger partial charge in [-0.1, -0.05) is 37.3 Å². The first-order chi connectivity index (χ1) is 15.2. The molecule has 0 saturated carbocycles. The van der Waals surface area contributed by atoms with Crippen LogP contribution in [0.4, 0.5) is 11.4 Å². The van der Waals surface area contributed by atoms with Crippen LogP contribution in [0.5, 0.6) is 5.75 Å². The predicted octanol–water partition coefficient (Wildman–Crippen LogP) is 6.51. The topological polar surface area (TPSA) is 36.9 Å². The highest BCUT2D eigenvalue weighted by Gasteiger charge is 2.26. The minimum Gasteiger partial charge on any atom is -0.453 e. The lowest BCUT2D eigenvalue weighted by molar-refractivity contribution is 0.257. The third-order valence-electron chi connectivity index (χ3n) is 5.60. The van der Waals surface area contributed by atoms with Gasteiger partial charge in [-0.05, 0) is 31.4 Å². The molecule has 0 fully saturated rings. The zero-order chi connectivity index (χ0) is 21.6. The summed E-state index contributed by atoms with van der Waals surface area (Å²) in [6, 6.07) is 10.6. The number of anilines is 1. The van der Waals surface area contributed by atoms with E-state index in [2.05, 4.69) is 65.7 Å². The van der Waals surface area contributed by atoms with Gasteiger partial charge in [0.15, 0.2) is 11.5 Å². The summed E-state index contributed by atoms with van der Waals surface area (Å²) in [5.41, 5.74) is 2.86. The summed E-state index contributed by atoms with van der Waals surface area (Å²) in [6.45, 7) is 4.94. The van der Waals surface area contributed by atoms with Crippen LogP contribution in [-0.4, -0.2) is 48.0 Å². The van der Waals surface area contributed by atoms with E-state index in [0.29, 0.717) is 11.8 Å². The summed E-state index contributed by atoms with van der Waals surface area (Å²) in [4.78, 5) is 7.38. The normalized spacial score (nSPS) is 17.1. The van der Waals surface area contributed by atoms with Gasteiger partial charge in [0, 0.05) is 53.9 Å². The molecule has 0 aromatic heterocycles. The molecule has 164 valence electrons. The first-order valence-electron chi connectivity index (χ1n) is 11.1. The number of aliphatic imine (C=N–C) groups is 1. The van der Waals surface area contributed by atoms with E-state index in [1.165, 1.54) is 5.39 Å². The summed E-state index contributed by atoms with van der Waals surface area (Å²) >= 11 is 11.9. The van der Waals surface area contributed by atoms with Gasteiger partial charge in [0.25, 0.3) is 0 Å². The molecule has 2 aromatic rings. The summed E-state index contributed by atoms with van der Waals surface area (Å²) in [5.74, 6) is 2.93. The van der Waals surface area contributed by atoms with Crippen molar-refractivity contribution in [2.45, 2.75) is 32.2 Å². The first-order valence-corrected chi connectivity index (χ1v) is 12.1. The lowest BCUT2D eigenvalue weighted by Crippen LogP contribution is -2.37. The Morgan fingerprint density at radius 2 is 1.84 bits per heavy atom. The number of ether oxygens (including phenoxy) is 1. The lowest BCUT2D eigenvalue weighted by Gasteiger charge is -2.31. The van der Waals surface area contributed by atoms with Crippen molar-refractivity contribution < 1.29 is 4.74 Å². The molecule has 0 radical (unpaired) electrons. The number of benzene rings is 2. The van der Waals surface area contributed by atoms with Crippen LogP contribution in [0.2, 0.25) is 0 Å². The van der Waals surface area contributed by atoms with Gasteiger partial charge in [0.2, 0.25) is 0 Å². The van der Waals surface area contributed by atoms with Crippen LogP contribution in [0.15, 0.2) is 59.3 Å². The van der Waals surface area contributed by atoms with Crippen LogP contribution >= 0.6 is 23.2 Å². The Morgan fingerprint density at radius 1 is 1.10 bits per heavy atom. The maximum atomic E-state index is 6.41. The molecule has 1 atom stereocenters. The fourth-order valence-electron chi connectivity index (χ4n) is 4.08. The zero-order valence-corrected chi connectivity index (χ0v) is 19.4. The van der Waals surface area contributed by atoms with Crippen LogP contribution in [0.3, 0.4) is 0 Å². The Hall–Kier alpha value is -2.01. The Balaban J connectivity index is 1.67. The Bertz CT molecular complexity index is 1010. The Kier molecular flexibility index (Phi) is 7.54. The molecule has 1 aliphatic heterocycles. The summed E-state index contributed by atoms with van der Waals surface area (Å²) < 4.78 is 6.41. The highest BCUT2D eigenvalue weighted by molar-refractivity contribution is 6.18. The van der Waals surface area contributed by atoms with E-state index < -0.39 is 0 Å². The third-order valence-corrected chi connectivity index (χ3v) is 6.14. The van der Waals surface area contributed by atoms with E-state index in [0.717, 1.165) is 72.9 Å². The molecule has 0 spiro atoms. The molecular formula is C25H29Cl2N3O. The van der Waals surface area contributed by atoms with E-state index in [9.17, 15) is 0 Å². The van der Waals surface area contributed by atoms with Gasteiger partial charge in [-0.2, -0.15) is 0 Å². The van der Waals surface area contributed by atoms with Crippen molar-refractivity contribution in [2.24, 2.45) is 4.99 Å². The number of alkyl halides is 2. The second-order valence-corrected chi connectivity index (χ2v) is 8.60. The van der Waals surface area contributed by atoms with E-state index in [1.54, 1.807) is 0 Å². The van der Waals surface area contributed by atoms with E-state index in [-0.39, 0.29) is 6.04 Å². The standard InChI is InChI=1S/C25H29Cl2N3O/c1-2-13-28-22-17-24-25(20-8-4-3-7-19(20)22)29-21-10-9-18(16-23(21)31-24)30(14-5-11-26)15-6-12-27/h3-4,7-10,16-18,28H,2,5-6,11-15H2,1H3. The van der Waals surface area contributed by atoms with Crippen molar-refractivity contribution >= 4 is 51.1 Å². The van der Waals surface area contributed by atoms with Crippen LogP contribution in [0, 0.1) is 0 Å². The third kappa shape index (κ3) is 4.92. The van der Waals surface area contributed by atoms with Crippen molar-refractivity contribution in [1.82, 2.24) is 4.90 Å². The highest BCUT2D eigenvalue weighted by Crippen LogP contribution is 2.44. The van der Waals surface area contributed by atoms with Crippen LogP contribution < -0.4 is 10.1 Å². The van der Waals surface area contributed by atoms with Crippen molar-refractivity contribution in [1.29, 1.82) is 0 Å². The number of nitrogens with zero attached hydrogens (tertiary/aromatic N) is 2. The zero-order valence-electron chi connectivity index (χ0n) is 17.9. The highest BCUT2D eigenvalue weighted by atomic mass is 35.5. The monoisotopic (exact) mass is 457 g/mol. The summed E-state index contributed by atoms with van der Waals surface area (Å²) in [5, 5.41) is 5.81. The number of rotatable bonds is 10. The Labute approximate surface area is 194 Å². The molecule has 1 unspecified atom stereocenters. The van der Waals surface area contributed by atoms with Gasteiger partial charge in [-0.3, -0.25) is 4.90 Å². The molecule has 0 saturated heterocycles. The molecule has 4 nitrogen and oxygen atoms in total. The van der Waals surface area contributed by atoms with Crippen molar-refractivity contribution in [2.75, 3.05) is 36.7 Å². The maximum absolute atomic E-state index is 6.41. The van der Waals surface area contributed by atoms with Gasteiger partial charge < -0.3 is 10.1 Å². The number of hydrogen-bond donors (Lipinski definition) is 1. The number of hydrogen-bond acceptors (Lipinski definition) is 4. The molecule has 1 heterocycles. The van der Waals surface area contributed by atoms with Crippen LogP contribution in [0.1, 0.15) is 26.2 Å². The van der Waals surface area contributed by atoms with Crippen LogP contribution in [-0.2, 0) is 0 Å². The van der Waals surface area contributed by atoms with E-state index in [4.69, 9.17) is 32.9 Å². The van der Waals surface area contributed by atoms with Gasteiger partial charge in [0.05, 0.1) is 6.04 Å². The van der Waals surface area contributed by atoms with Gasteiger partial charge in [-0.15, -0.1) is 23.2 Å². The number of fused-ring (bicyclic) bond motifs is 4. The second-order valence-electron chi connectivity index (χ2n) is 7.84. The van der Waals surface area contributed by atoms with Crippen molar-refractivity contribution in [3.63, 3.8) is 0 Å². The quantitative estimate of drug-likeness (QED) is 0.413. The van der Waals surface area contributed by atoms with Crippen molar-refractivity contribution in [3.8, 4) is 5.75 Å². The minimum absolute atomic E-state index is 0.153. The molecular weight excluding hydrogens is 429 g/mol. The SMILES string of the molecule is CCCNc1cc2c(c3ccccc13)N=C1C=CC(N(CCCCl)CCCCl)C=C1O2. The molecule has 0 amide bonds. The molecule has 31 heavy (non-hydrogen) atoms. The van der Waals surface area contributed by atoms with Gasteiger partial charge >= 0.3 is 0 Å². The average molecular weight is 458 g/mol. The predicted molar refractivity (Wildman–Crippen MR) is 134 cm³/mol. The molecule has 1 N–H and O–H groups in total.